The van der Waals surface area contributed by atoms with Crippen molar-refractivity contribution >= 4 is 17.0 Å². The summed E-state index contributed by atoms with van der Waals surface area (Å²) in [5.74, 6) is -0.828. The van der Waals surface area contributed by atoms with Crippen LogP contribution in [0.5, 0.6) is 0 Å². The van der Waals surface area contributed by atoms with E-state index >= 15 is 0 Å². The number of para-hydroxylation sites is 2. The van der Waals surface area contributed by atoms with Crippen molar-refractivity contribution in [2.45, 2.75) is 13.0 Å². The van der Waals surface area contributed by atoms with Crippen molar-refractivity contribution in [1.82, 2.24) is 9.88 Å². The lowest BCUT2D eigenvalue weighted by Gasteiger charge is -2.04. The lowest BCUT2D eigenvalue weighted by molar-refractivity contribution is -0.121. The van der Waals surface area contributed by atoms with E-state index in [1.54, 1.807) is 24.3 Å². The van der Waals surface area contributed by atoms with Gasteiger partial charge in [-0.15, -0.1) is 0 Å². The predicted octanol–water partition coefficient (Wildman–Crippen LogP) is 0.0931. The van der Waals surface area contributed by atoms with Crippen molar-refractivity contribution in [3.05, 3.63) is 34.8 Å². The Labute approximate surface area is 103 Å². The number of amides is 1. The first-order valence-corrected chi connectivity index (χ1v) is 5.68. The number of rotatable bonds is 5. The Balaban J connectivity index is 2.14. The van der Waals surface area contributed by atoms with Gasteiger partial charge in [0.05, 0.1) is 5.52 Å². The van der Waals surface area contributed by atoms with Crippen molar-refractivity contribution in [3.63, 3.8) is 0 Å². The number of hydrogen-bond donors (Lipinski definition) is 2. The molecule has 1 aromatic carbocycles. The van der Waals surface area contributed by atoms with Gasteiger partial charge in [0, 0.05) is 13.2 Å². The summed E-state index contributed by atoms with van der Waals surface area (Å²) in [6, 6.07) is 6.94. The summed E-state index contributed by atoms with van der Waals surface area (Å²) in [6.45, 7) is 0.329. The molecular weight excluding hydrogens is 236 g/mol. The molecule has 2 rings (SSSR count). The normalized spacial score (nSPS) is 10.7. The number of carbonyl (C=O) groups excluding carboxylic acids is 1. The Morgan fingerprint density at radius 3 is 2.94 bits per heavy atom. The number of aliphatic hydroxyl groups excluding tert-OH is 1. The van der Waals surface area contributed by atoms with Crippen LogP contribution in [0, 0.1) is 0 Å². The molecule has 0 aliphatic heterocycles. The second kappa shape index (κ2) is 5.50. The van der Waals surface area contributed by atoms with Crippen LogP contribution in [0.4, 0.5) is 0 Å². The fourth-order valence-electron chi connectivity index (χ4n) is 1.67. The van der Waals surface area contributed by atoms with Crippen LogP contribution in [-0.4, -0.2) is 28.7 Å². The van der Waals surface area contributed by atoms with E-state index in [4.69, 9.17) is 9.52 Å². The molecular formula is C12H14N2O4. The molecule has 6 heteroatoms. The summed E-state index contributed by atoms with van der Waals surface area (Å²) in [7, 11) is 0. The number of aromatic nitrogens is 1. The number of fused-ring (bicyclic) bond motifs is 1. The van der Waals surface area contributed by atoms with E-state index in [2.05, 4.69) is 5.32 Å². The van der Waals surface area contributed by atoms with Crippen LogP contribution in [0.1, 0.15) is 6.42 Å². The monoisotopic (exact) mass is 250 g/mol. The smallest absolute Gasteiger partial charge is 0.408 e. The number of nitrogens with one attached hydrogen (secondary N) is 1. The number of aliphatic hydroxyl groups is 1. The van der Waals surface area contributed by atoms with Crippen molar-refractivity contribution < 1.29 is 14.3 Å². The number of oxazole rings is 1. The highest BCUT2D eigenvalue weighted by Gasteiger charge is 2.11. The SMILES string of the molecule is O=C(Cn1c(=O)oc2ccccc21)NCCCO. The highest BCUT2D eigenvalue weighted by molar-refractivity contribution is 5.79. The molecule has 2 N–H and O–H groups in total. The highest BCUT2D eigenvalue weighted by atomic mass is 16.4. The quantitative estimate of drug-likeness (QED) is 0.737. The first-order valence-electron chi connectivity index (χ1n) is 5.68. The van der Waals surface area contributed by atoms with Gasteiger partial charge in [-0.3, -0.25) is 9.36 Å². The lowest BCUT2D eigenvalue weighted by atomic mass is 10.3. The summed E-state index contributed by atoms with van der Waals surface area (Å²) in [4.78, 5) is 23.2. The van der Waals surface area contributed by atoms with E-state index in [1.165, 1.54) is 4.57 Å². The van der Waals surface area contributed by atoms with Gasteiger partial charge in [0.2, 0.25) is 5.91 Å². The molecule has 18 heavy (non-hydrogen) atoms. The third-order valence-electron chi connectivity index (χ3n) is 2.53. The van der Waals surface area contributed by atoms with Crippen LogP contribution in [0.3, 0.4) is 0 Å². The van der Waals surface area contributed by atoms with Gasteiger partial charge in [-0.25, -0.2) is 4.79 Å². The summed E-state index contributed by atoms with van der Waals surface area (Å²) < 4.78 is 6.29. The topological polar surface area (TPSA) is 84.5 Å². The number of benzene rings is 1. The third-order valence-corrected chi connectivity index (χ3v) is 2.53. The molecule has 96 valence electrons. The first-order chi connectivity index (χ1) is 8.72. The van der Waals surface area contributed by atoms with Gasteiger partial charge in [-0.05, 0) is 18.6 Å². The van der Waals surface area contributed by atoms with Gasteiger partial charge in [-0.2, -0.15) is 0 Å². The Morgan fingerprint density at radius 1 is 1.39 bits per heavy atom. The standard InChI is InChI=1S/C12H14N2O4/c15-7-3-6-13-11(16)8-14-9-4-1-2-5-10(9)18-12(14)17/h1-2,4-5,15H,3,6-8H2,(H,13,16). The summed E-state index contributed by atoms with van der Waals surface area (Å²) >= 11 is 0. The number of nitrogens with zero attached hydrogens (tertiary/aromatic N) is 1. The average Bonchev–Trinajstić information content (AvgIpc) is 2.67. The molecule has 0 unspecified atom stereocenters. The molecule has 0 fully saturated rings. The lowest BCUT2D eigenvalue weighted by Crippen LogP contribution is -2.31. The Morgan fingerprint density at radius 2 is 2.17 bits per heavy atom. The molecule has 0 spiro atoms. The molecule has 1 amide bonds. The first kappa shape index (κ1) is 12.4. The zero-order valence-electron chi connectivity index (χ0n) is 9.76. The largest absolute Gasteiger partial charge is 0.420 e. The van der Waals surface area contributed by atoms with Gasteiger partial charge in [0.15, 0.2) is 5.58 Å². The molecule has 0 saturated carbocycles. The molecule has 0 saturated heterocycles. The Hall–Kier alpha value is -2.08. The van der Waals surface area contributed by atoms with E-state index < -0.39 is 5.76 Å². The van der Waals surface area contributed by atoms with Crippen LogP contribution in [0.15, 0.2) is 33.5 Å². The van der Waals surface area contributed by atoms with E-state index in [-0.39, 0.29) is 19.1 Å². The summed E-state index contributed by atoms with van der Waals surface area (Å²) in [6.07, 6.45) is 0.493. The second-order valence-corrected chi connectivity index (χ2v) is 3.85. The van der Waals surface area contributed by atoms with Crippen molar-refractivity contribution in [2.24, 2.45) is 0 Å². The van der Waals surface area contributed by atoms with Crippen LogP contribution >= 0.6 is 0 Å². The maximum absolute atomic E-state index is 11.6. The Bertz CT molecular complexity index is 599. The fraction of sp³-hybridized carbons (Fsp3) is 0.333. The maximum atomic E-state index is 11.6. The Kier molecular flexibility index (Phi) is 3.78. The molecule has 0 radical (unpaired) electrons. The van der Waals surface area contributed by atoms with E-state index in [0.29, 0.717) is 24.1 Å². The number of carbonyl (C=O) groups is 1. The zero-order valence-corrected chi connectivity index (χ0v) is 9.76. The van der Waals surface area contributed by atoms with Crippen LogP contribution in [0.25, 0.3) is 11.1 Å². The van der Waals surface area contributed by atoms with Gasteiger partial charge in [0.25, 0.3) is 0 Å². The molecule has 1 aromatic heterocycles. The van der Waals surface area contributed by atoms with Crippen LogP contribution in [-0.2, 0) is 11.3 Å². The number of hydrogen-bond acceptors (Lipinski definition) is 4. The summed E-state index contributed by atoms with van der Waals surface area (Å²) in [5, 5.41) is 11.2. The third kappa shape index (κ3) is 2.60. The van der Waals surface area contributed by atoms with Gasteiger partial charge < -0.3 is 14.8 Å². The van der Waals surface area contributed by atoms with Crippen molar-refractivity contribution in [1.29, 1.82) is 0 Å². The van der Waals surface area contributed by atoms with Crippen molar-refractivity contribution in [3.8, 4) is 0 Å². The minimum absolute atomic E-state index is 0.0227. The van der Waals surface area contributed by atoms with Crippen molar-refractivity contribution in [2.75, 3.05) is 13.2 Å². The van der Waals surface area contributed by atoms with Crippen LogP contribution < -0.4 is 11.1 Å². The minimum Gasteiger partial charge on any atom is -0.408 e. The zero-order chi connectivity index (χ0) is 13.0. The average molecular weight is 250 g/mol. The summed E-state index contributed by atoms with van der Waals surface area (Å²) in [5.41, 5.74) is 1.06. The van der Waals surface area contributed by atoms with Gasteiger partial charge in [-0.1, -0.05) is 12.1 Å². The highest BCUT2D eigenvalue weighted by Crippen LogP contribution is 2.11. The van der Waals surface area contributed by atoms with E-state index in [0.717, 1.165) is 0 Å². The molecule has 0 bridgehead atoms. The molecule has 0 aliphatic carbocycles. The predicted molar refractivity (Wildman–Crippen MR) is 65.2 cm³/mol. The van der Waals surface area contributed by atoms with E-state index in [9.17, 15) is 9.59 Å². The van der Waals surface area contributed by atoms with Gasteiger partial charge >= 0.3 is 5.76 Å². The second-order valence-electron chi connectivity index (χ2n) is 3.85. The van der Waals surface area contributed by atoms with Gasteiger partial charge in [0.1, 0.15) is 6.54 Å². The molecule has 2 aromatic rings. The fourth-order valence-corrected chi connectivity index (χ4v) is 1.67. The molecule has 0 atom stereocenters. The molecule has 6 nitrogen and oxygen atoms in total. The molecule has 0 aliphatic rings. The maximum Gasteiger partial charge on any atom is 0.420 e. The van der Waals surface area contributed by atoms with E-state index in [1.807, 2.05) is 0 Å². The van der Waals surface area contributed by atoms with Crippen LogP contribution in [0.2, 0.25) is 0 Å². The minimum atomic E-state index is -0.548. The molecule has 1 heterocycles.